The molecule has 6 nitrogen and oxygen atoms in total. The van der Waals surface area contributed by atoms with Crippen molar-refractivity contribution in [2.24, 2.45) is 0 Å². The normalized spacial score (nSPS) is 18.6. The van der Waals surface area contributed by atoms with Crippen LogP contribution in [0.5, 0.6) is 0 Å². The highest BCUT2D eigenvalue weighted by Crippen LogP contribution is 2.28. The molecule has 1 saturated heterocycles. The van der Waals surface area contributed by atoms with E-state index in [0.717, 1.165) is 12.2 Å². The van der Waals surface area contributed by atoms with E-state index in [-0.39, 0.29) is 17.1 Å². The van der Waals surface area contributed by atoms with Crippen molar-refractivity contribution in [3.05, 3.63) is 27.9 Å². The molecule has 0 aliphatic carbocycles. The maximum absolute atomic E-state index is 11.0. The lowest BCUT2D eigenvalue weighted by Crippen LogP contribution is -2.21. The van der Waals surface area contributed by atoms with Crippen molar-refractivity contribution in [3.63, 3.8) is 0 Å². The maximum Gasteiger partial charge on any atom is 0.328 e. The molecule has 1 aliphatic rings. The fourth-order valence-electron chi connectivity index (χ4n) is 2.04. The van der Waals surface area contributed by atoms with Crippen LogP contribution in [0.15, 0.2) is 12.3 Å². The van der Waals surface area contributed by atoms with Crippen molar-refractivity contribution < 1.29 is 4.92 Å². The van der Waals surface area contributed by atoms with Crippen LogP contribution in [0, 0.1) is 21.4 Å². The molecule has 1 N–H and O–H groups in total. The standard InChI is InChI=1S/C12H14N4O2S/c13-7-9-4-5-14-12(11(9)16(17)18)15-8-10-3-1-2-6-19-10/h4-5,10H,1-3,6,8H2,(H,14,15). The minimum Gasteiger partial charge on any atom is -0.363 e. The highest BCUT2D eigenvalue weighted by atomic mass is 32.2. The Labute approximate surface area is 115 Å². The van der Waals surface area contributed by atoms with Crippen molar-refractivity contribution in [2.45, 2.75) is 24.5 Å². The zero-order valence-electron chi connectivity index (χ0n) is 10.3. The summed E-state index contributed by atoms with van der Waals surface area (Å²) in [5, 5.41) is 23.4. The summed E-state index contributed by atoms with van der Waals surface area (Å²) >= 11 is 1.88. The zero-order valence-corrected chi connectivity index (χ0v) is 11.2. The first-order chi connectivity index (χ1) is 9.22. The molecular formula is C12H14N4O2S. The lowest BCUT2D eigenvalue weighted by molar-refractivity contribution is -0.384. The first-order valence-electron chi connectivity index (χ1n) is 6.11. The summed E-state index contributed by atoms with van der Waals surface area (Å²) in [6, 6.07) is 3.19. The molecule has 0 aromatic carbocycles. The molecule has 0 bridgehead atoms. The van der Waals surface area contributed by atoms with Gasteiger partial charge in [0.1, 0.15) is 11.6 Å². The van der Waals surface area contributed by atoms with E-state index in [2.05, 4.69) is 10.3 Å². The number of nitriles is 1. The van der Waals surface area contributed by atoms with Crippen LogP contribution in [-0.4, -0.2) is 27.5 Å². The van der Waals surface area contributed by atoms with Crippen LogP contribution in [0.3, 0.4) is 0 Å². The van der Waals surface area contributed by atoms with Crippen LogP contribution in [0.25, 0.3) is 0 Å². The van der Waals surface area contributed by atoms with Gasteiger partial charge in [-0.3, -0.25) is 10.1 Å². The Morgan fingerprint density at radius 3 is 3.11 bits per heavy atom. The monoisotopic (exact) mass is 278 g/mol. The van der Waals surface area contributed by atoms with Gasteiger partial charge in [0.25, 0.3) is 0 Å². The van der Waals surface area contributed by atoms with Crippen LogP contribution in [0.1, 0.15) is 24.8 Å². The Morgan fingerprint density at radius 2 is 2.47 bits per heavy atom. The third kappa shape index (κ3) is 3.35. The lowest BCUT2D eigenvalue weighted by atomic mass is 10.2. The topological polar surface area (TPSA) is 91.8 Å². The van der Waals surface area contributed by atoms with E-state index in [4.69, 9.17) is 5.26 Å². The fourth-order valence-corrected chi connectivity index (χ4v) is 3.28. The summed E-state index contributed by atoms with van der Waals surface area (Å²) in [4.78, 5) is 14.4. The first-order valence-corrected chi connectivity index (χ1v) is 7.16. The highest BCUT2D eigenvalue weighted by Gasteiger charge is 2.22. The number of aromatic nitrogens is 1. The molecule has 0 amide bonds. The van der Waals surface area contributed by atoms with E-state index < -0.39 is 4.92 Å². The Bertz CT molecular complexity index is 509. The summed E-state index contributed by atoms with van der Waals surface area (Å²) in [7, 11) is 0. The quantitative estimate of drug-likeness (QED) is 0.672. The zero-order chi connectivity index (χ0) is 13.7. The summed E-state index contributed by atoms with van der Waals surface area (Å²) in [6.07, 6.45) is 4.97. The second-order valence-electron chi connectivity index (χ2n) is 4.29. The van der Waals surface area contributed by atoms with E-state index in [1.54, 1.807) is 0 Å². The summed E-state index contributed by atoms with van der Waals surface area (Å²) in [6.45, 7) is 0.646. The number of rotatable bonds is 4. The van der Waals surface area contributed by atoms with Gasteiger partial charge in [-0.2, -0.15) is 17.0 Å². The van der Waals surface area contributed by atoms with Crippen LogP contribution < -0.4 is 5.32 Å². The third-order valence-corrected chi connectivity index (χ3v) is 4.40. The van der Waals surface area contributed by atoms with Gasteiger partial charge in [-0.1, -0.05) is 6.42 Å². The van der Waals surface area contributed by atoms with Gasteiger partial charge in [0.05, 0.1) is 4.92 Å². The van der Waals surface area contributed by atoms with E-state index in [1.807, 2.05) is 17.8 Å². The molecule has 1 aliphatic heterocycles. The second kappa shape index (κ2) is 6.38. The van der Waals surface area contributed by atoms with Gasteiger partial charge in [0.2, 0.25) is 5.82 Å². The number of pyridine rings is 1. The summed E-state index contributed by atoms with van der Waals surface area (Å²) in [5.74, 6) is 1.33. The predicted octanol–water partition coefficient (Wildman–Crippen LogP) is 2.56. The van der Waals surface area contributed by atoms with Crippen molar-refractivity contribution in [1.82, 2.24) is 4.98 Å². The SMILES string of the molecule is N#Cc1ccnc(NCC2CCCCS2)c1[N+](=O)[O-]. The first kappa shape index (κ1) is 13.6. The van der Waals surface area contributed by atoms with E-state index >= 15 is 0 Å². The summed E-state index contributed by atoms with van der Waals surface area (Å²) in [5.41, 5.74) is -0.190. The van der Waals surface area contributed by atoms with E-state index in [0.29, 0.717) is 11.8 Å². The van der Waals surface area contributed by atoms with Crippen molar-refractivity contribution >= 4 is 23.3 Å². The van der Waals surface area contributed by atoms with Crippen LogP contribution in [0.4, 0.5) is 11.5 Å². The second-order valence-corrected chi connectivity index (χ2v) is 5.70. The maximum atomic E-state index is 11.0. The van der Waals surface area contributed by atoms with E-state index in [9.17, 15) is 10.1 Å². The highest BCUT2D eigenvalue weighted by molar-refractivity contribution is 7.99. The van der Waals surface area contributed by atoms with Gasteiger partial charge in [0, 0.05) is 18.0 Å². The largest absolute Gasteiger partial charge is 0.363 e. The molecule has 1 fully saturated rings. The molecule has 1 aromatic heterocycles. The van der Waals surface area contributed by atoms with Crippen molar-refractivity contribution in [1.29, 1.82) is 5.26 Å². The van der Waals surface area contributed by atoms with Gasteiger partial charge >= 0.3 is 5.69 Å². The number of thioether (sulfide) groups is 1. The molecule has 1 aromatic rings. The molecule has 0 saturated carbocycles. The molecule has 100 valence electrons. The average molecular weight is 278 g/mol. The Hall–Kier alpha value is -1.81. The van der Waals surface area contributed by atoms with Gasteiger partial charge in [0.15, 0.2) is 0 Å². The van der Waals surface area contributed by atoms with E-state index in [1.165, 1.54) is 25.1 Å². The summed E-state index contributed by atoms with van der Waals surface area (Å²) < 4.78 is 0. The fraction of sp³-hybridized carbons (Fsp3) is 0.500. The minimum atomic E-state index is -0.554. The Kier molecular flexibility index (Phi) is 4.58. The number of hydrogen-bond donors (Lipinski definition) is 1. The molecule has 1 atom stereocenters. The average Bonchev–Trinajstić information content (AvgIpc) is 2.45. The molecule has 0 radical (unpaired) electrons. The number of nitrogens with zero attached hydrogens (tertiary/aromatic N) is 3. The lowest BCUT2D eigenvalue weighted by Gasteiger charge is -2.21. The van der Waals surface area contributed by atoms with Crippen LogP contribution >= 0.6 is 11.8 Å². The minimum absolute atomic E-state index is 0.0406. The molecule has 2 rings (SSSR count). The molecule has 19 heavy (non-hydrogen) atoms. The molecule has 1 unspecified atom stereocenters. The number of nitro groups is 1. The predicted molar refractivity (Wildman–Crippen MR) is 74.2 cm³/mol. The van der Waals surface area contributed by atoms with Gasteiger partial charge in [-0.15, -0.1) is 0 Å². The van der Waals surface area contributed by atoms with Gasteiger partial charge in [-0.05, 0) is 24.7 Å². The smallest absolute Gasteiger partial charge is 0.328 e. The number of anilines is 1. The molecule has 2 heterocycles. The third-order valence-electron chi connectivity index (χ3n) is 3.00. The Morgan fingerprint density at radius 1 is 1.63 bits per heavy atom. The van der Waals surface area contributed by atoms with Crippen molar-refractivity contribution in [2.75, 3.05) is 17.6 Å². The molecule has 7 heteroatoms. The van der Waals surface area contributed by atoms with Crippen LogP contribution in [0.2, 0.25) is 0 Å². The molecule has 0 spiro atoms. The van der Waals surface area contributed by atoms with Gasteiger partial charge in [-0.25, -0.2) is 4.98 Å². The number of nitrogens with one attached hydrogen (secondary N) is 1. The van der Waals surface area contributed by atoms with Gasteiger partial charge < -0.3 is 5.32 Å². The Balaban J connectivity index is 2.11. The van der Waals surface area contributed by atoms with Crippen molar-refractivity contribution in [3.8, 4) is 6.07 Å². The molecular weight excluding hydrogens is 264 g/mol. The van der Waals surface area contributed by atoms with Crippen LogP contribution in [-0.2, 0) is 0 Å². The number of hydrogen-bond acceptors (Lipinski definition) is 6.